The molecule has 0 fully saturated rings. The molecule has 0 saturated carbocycles. The van der Waals surface area contributed by atoms with Gasteiger partial charge in [0.25, 0.3) is 0 Å². The Bertz CT molecular complexity index is 737. The fourth-order valence-corrected chi connectivity index (χ4v) is 3.09. The molecule has 0 aliphatic heterocycles. The van der Waals surface area contributed by atoms with Crippen LogP contribution >= 0.6 is 0 Å². The van der Waals surface area contributed by atoms with Gasteiger partial charge < -0.3 is 5.32 Å². The van der Waals surface area contributed by atoms with Crippen molar-refractivity contribution in [1.82, 2.24) is 5.32 Å². The smallest absolute Gasteiger partial charge is 0.228 e. The van der Waals surface area contributed by atoms with Gasteiger partial charge in [-0.2, -0.15) is 0 Å². The summed E-state index contributed by atoms with van der Waals surface area (Å²) in [5.41, 5.74) is 1.84. The van der Waals surface area contributed by atoms with Gasteiger partial charge in [0.15, 0.2) is 9.84 Å². The van der Waals surface area contributed by atoms with E-state index in [4.69, 9.17) is 0 Å². The van der Waals surface area contributed by atoms with Gasteiger partial charge in [0.05, 0.1) is 10.8 Å². The Kier molecular flexibility index (Phi) is 4.98. The number of nitrogens with one attached hydrogen (secondary N) is 1. The van der Waals surface area contributed by atoms with Crippen LogP contribution in [0.2, 0.25) is 0 Å². The van der Waals surface area contributed by atoms with Crippen molar-refractivity contribution in [2.24, 2.45) is 0 Å². The van der Waals surface area contributed by atoms with Crippen LogP contribution < -0.4 is 5.32 Å². The topological polar surface area (TPSA) is 63.2 Å². The molecular weight excluding hydrogens is 298 g/mol. The van der Waals surface area contributed by atoms with E-state index in [1.165, 1.54) is 0 Å². The van der Waals surface area contributed by atoms with Gasteiger partial charge in [0, 0.05) is 0 Å². The zero-order valence-corrected chi connectivity index (χ0v) is 13.4. The molecule has 0 heterocycles. The van der Waals surface area contributed by atoms with E-state index < -0.39 is 21.6 Å². The van der Waals surface area contributed by atoms with E-state index >= 15 is 0 Å². The number of carbonyl (C=O) groups excluding carboxylic acids is 1. The number of aryl methyl sites for hydroxylation is 1. The fourth-order valence-electron chi connectivity index (χ4n) is 2.04. The third-order valence-corrected chi connectivity index (χ3v) is 5.02. The van der Waals surface area contributed by atoms with Gasteiger partial charge in [-0.15, -0.1) is 0 Å². The van der Waals surface area contributed by atoms with E-state index in [1.807, 2.05) is 37.3 Å². The normalized spacial score (nSPS) is 12.6. The van der Waals surface area contributed by atoms with E-state index in [2.05, 4.69) is 5.32 Å². The fraction of sp³-hybridized carbons (Fsp3) is 0.235. The van der Waals surface area contributed by atoms with Crippen LogP contribution in [0.15, 0.2) is 59.5 Å². The molecule has 1 atom stereocenters. The van der Waals surface area contributed by atoms with Crippen LogP contribution in [-0.4, -0.2) is 20.2 Å². The standard InChI is InChI=1S/C17H19NO3S/c1-13-8-10-16(11-9-13)22(20,21)12-18-17(19)14(2)15-6-4-3-5-7-15/h3-11,14H,12H2,1-2H3,(H,18,19). The molecule has 2 aromatic carbocycles. The average molecular weight is 317 g/mol. The Balaban J connectivity index is 2.02. The number of hydrogen-bond donors (Lipinski definition) is 1. The van der Waals surface area contributed by atoms with Crippen molar-refractivity contribution in [2.45, 2.75) is 24.7 Å². The third-order valence-electron chi connectivity index (χ3n) is 3.51. The van der Waals surface area contributed by atoms with Crippen LogP contribution in [0.25, 0.3) is 0 Å². The summed E-state index contributed by atoms with van der Waals surface area (Å²) < 4.78 is 24.4. The lowest BCUT2D eigenvalue weighted by Crippen LogP contribution is -2.32. The second-order valence-electron chi connectivity index (χ2n) is 5.25. The van der Waals surface area contributed by atoms with E-state index in [0.29, 0.717) is 0 Å². The van der Waals surface area contributed by atoms with Gasteiger partial charge in [-0.3, -0.25) is 4.79 Å². The number of benzene rings is 2. The maximum Gasteiger partial charge on any atom is 0.228 e. The van der Waals surface area contributed by atoms with Gasteiger partial charge in [-0.05, 0) is 31.5 Å². The number of rotatable bonds is 5. The molecule has 0 spiro atoms. The van der Waals surface area contributed by atoms with Gasteiger partial charge in [0.2, 0.25) is 5.91 Å². The highest BCUT2D eigenvalue weighted by Crippen LogP contribution is 2.15. The van der Waals surface area contributed by atoms with Crippen molar-refractivity contribution >= 4 is 15.7 Å². The first-order valence-electron chi connectivity index (χ1n) is 7.02. The van der Waals surface area contributed by atoms with Crippen molar-refractivity contribution in [3.63, 3.8) is 0 Å². The molecule has 116 valence electrons. The molecule has 0 aliphatic carbocycles. The predicted octanol–water partition coefficient (Wildman–Crippen LogP) is 2.65. The highest BCUT2D eigenvalue weighted by Gasteiger charge is 2.19. The first-order valence-corrected chi connectivity index (χ1v) is 8.67. The number of amides is 1. The van der Waals surface area contributed by atoms with Crippen LogP contribution in [0.4, 0.5) is 0 Å². The molecule has 1 N–H and O–H groups in total. The van der Waals surface area contributed by atoms with Gasteiger partial charge in [0.1, 0.15) is 5.88 Å². The van der Waals surface area contributed by atoms with E-state index in [0.717, 1.165) is 11.1 Å². The second-order valence-corrected chi connectivity index (χ2v) is 7.24. The summed E-state index contributed by atoms with van der Waals surface area (Å²) in [6.07, 6.45) is 0. The second kappa shape index (κ2) is 6.75. The van der Waals surface area contributed by atoms with Crippen molar-refractivity contribution in [3.05, 3.63) is 65.7 Å². The quantitative estimate of drug-likeness (QED) is 0.922. The van der Waals surface area contributed by atoms with Gasteiger partial charge in [-0.1, -0.05) is 48.0 Å². The Hall–Kier alpha value is -2.14. The summed E-state index contributed by atoms with van der Waals surface area (Å²) in [4.78, 5) is 12.3. The minimum absolute atomic E-state index is 0.214. The van der Waals surface area contributed by atoms with E-state index in [1.54, 1.807) is 31.2 Å². The summed E-state index contributed by atoms with van der Waals surface area (Å²) >= 11 is 0. The summed E-state index contributed by atoms with van der Waals surface area (Å²) in [6.45, 7) is 3.64. The Morgan fingerprint density at radius 1 is 1.05 bits per heavy atom. The first-order chi connectivity index (χ1) is 10.4. The summed E-state index contributed by atoms with van der Waals surface area (Å²) in [6, 6.07) is 15.8. The van der Waals surface area contributed by atoms with E-state index in [-0.39, 0.29) is 10.8 Å². The molecule has 0 bridgehead atoms. The highest BCUT2D eigenvalue weighted by molar-refractivity contribution is 7.91. The maximum absolute atomic E-state index is 12.2. The number of carbonyl (C=O) groups is 1. The minimum Gasteiger partial charge on any atom is -0.341 e. The maximum atomic E-state index is 12.2. The molecule has 0 aromatic heterocycles. The average Bonchev–Trinajstić information content (AvgIpc) is 2.53. The lowest BCUT2D eigenvalue weighted by atomic mass is 10.0. The SMILES string of the molecule is Cc1ccc(S(=O)(=O)CNC(=O)C(C)c2ccccc2)cc1. The molecule has 2 rings (SSSR count). The lowest BCUT2D eigenvalue weighted by Gasteiger charge is -2.13. The Morgan fingerprint density at radius 3 is 2.23 bits per heavy atom. The molecule has 0 radical (unpaired) electrons. The minimum atomic E-state index is -3.52. The molecule has 2 aromatic rings. The Labute approximate surface area is 131 Å². The predicted molar refractivity (Wildman–Crippen MR) is 86.2 cm³/mol. The van der Waals surface area contributed by atoms with Crippen molar-refractivity contribution in [2.75, 3.05) is 5.88 Å². The molecular formula is C17H19NO3S. The Morgan fingerprint density at radius 2 is 1.64 bits per heavy atom. The first kappa shape index (κ1) is 16.2. The van der Waals surface area contributed by atoms with Crippen molar-refractivity contribution < 1.29 is 13.2 Å². The van der Waals surface area contributed by atoms with Crippen LogP contribution in [0.3, 0.4) is 0 Å². The van der Waals surface area contributed by atoms with Gasteiger partial charge in [-0.25, -0.2) is 8.42 Å². The van der Waals surface area contributed by atoms with Crippen molar-refractivity contribution in [1.29, 1.82) is 0 Å². The van der Waals surface area contributed by atoms with Crippen LogP contribution in [0.5, 0.6) is 0 Å². The van der Waals surface area contributed by atoms with Crippen LogP contribution in [-0.2, 0) is 14.6 Å². The lowest BCUT2D eigenvalue weighted by molar-refractivity contribution is -0.121. The summed E-state index contributed by atoms with van der Waals surface area (Å²) in [5.74, 6) is -1.09. The molecule has 0 aliphatic rings. The monoisotopic (exact) mass is 317 g/mol. The highest BCUT2D eigenvalue weighted by atomic mass is 32.2. The molecule has 0 saturated heterocycles. The zero-order valence-electron chi connectivity index (χ0n) is 12.6. The van der Waals surface area contributed by atoms with Gasteiger partial charge >= 0.3 is 0 Å². The largest absolute Gasteiger partial charge is 0.341 e. The number of sulfone groups is 1. The molecule has 5 heteroatoms. The zero-order chi connectivity index (χ0) is 16.2. The van der Waals surface area contributed by atoms with E-state index in [9.17, 15) is 13.2 Å². The third kappa shape index (κ3) is 3.95. The molecule has 4 nitrogen and oxygen atoms in total. The summed E-state index contributed by atoms with van der Waals surface area (Å²) in [7, 11) is -3.52. The molecule has 1 amide bonds. The molecule has 22 heavy (non-hydrogen) atoms. The summed E-state index contributed by atoms with van der Waals surface area (Å²) in [5, 5.41) is 2.51. The van der Waals surface area contributed by atoms with Crippen molar-refractivity contribution in [3.8, 4) is 0 Å². The number of hydrogen-bond acceptors (Lipinski definition) is 3. The van der Waals surface area contributed by atoms with Crippen LogP contribution in [0.1, 0.15) is 24.0 Å². The molecule has 1 unspecified atom stereocenters. The van der Waals surface area contributed by atoms with Crippen LogP contribution in [0, 0.1) is 6.92 Å².